The van der Waals surface area contributed by atoms with E-state index in [1.165, 1.54) is 9.87 Å². The van der Waals surface area contributed by atoms with Crippen LogP contribution in [0.4, 0.5) is 0 Å². The number of hydrogen-bond donors (Lipinski definition) is 0. The van der Waals surface area contributed by atoms with Crippen molar-refractivity contribution in [3.05, 3.63) is 64.7 Å². The summed E-state index contributed by atoms with van der Waals surface area (Å²) in [5, 5.41) is 0. The van der Waals surface area contributed by atoms with Gasteiger partial charge in [0.1, 0.15) is 0 Å². The van der Waals surface area contributed by atoms with Crippen molar-refractivity contribution in [2.75, 3.05) is 26.2 Å². The van der Waals surface area contributed by atoms with E-state index in [1.807, 2.05) is 32.9 Å². The smallest absolute Gasteiger partial charge is 0.243 e. The fourth-order valence-corrected chi connectivity index (χ4v) is 5.20. The zero-order valence-electron chi connectivity index (χ0n) is 16.8. The molecule has 150 valence electrons. The van der Waals surface area contributed by atoms with E-state index in [0.29, 0.717) is 43.9 Å². The van der Waals surface area contributed by atoms with E-state index in [1.54, 1.807) is 11.0 Å². The maximum Gasteiger partial charge on any atom is 0.243 e. The van der Waals surface area contributed by atoms with Crippen LogP contribution in [-0.4, -0.2) is 49.7 Å². The summed E-state index contributed by atoms with van der Waals surface area (Å²) in [6, 6.07) is 13.6. The molecule has 0 unspecified atom stereocenters. The predicted octanol–water partition coefficient (Wildman–Crippen LogP) is 3.08. The summed E-state index contributed by atoms with van der Waals surface area (Å²) in [6.07, 6.45) is 1.16. The third-order valence-corrected chi connectivity index (χ3v) is 7.35. The number of benzene rings is 2. The van der Waals surface area contributed by atoms with Gasteiger partial charge in [-0.1, -0.05) is 47.5 Å². The Hall–Kier alpha value is -2.18. The fourth-order valence-electron chi connectivity index (χ4n) is 3.57. The van der Waals surface area contributed by atoms with Crippen molar-refractivity contribution in [1.82, 2.24) is 9.21 Å². The number of carbonyl (C=O) groups is 1. The molecule has 1 heterocycles. The van der Waals surface area contributed by atoms with Gasteiger partial charge in [-0.05, 0) is 44.4 Å². The lowest BCUT2D eigenvalue weighted by atomic mass is 10.1. The van der Waals surface area contributed by atoms with Gasteiger partial charge in [0, 0.05) is 32.6 Å². The first-order valence-electron chi connectivity index (χ1n) is 9.68. The zero-order chi connectivity index (χ0) is 20.3. The highest BCUT2D eigenvalue weighted by Gasteiger charge is 2.30. The quantitative estimate of drug-likeness (QED) is 0.775. The van der Waals surface area contributed by atoms with E-state index in [4.69, 9.17) is 0 Å². The largest absolute Gasteiger partial charge is 0.340 e. The molecule has 2 aromatic rings. The van der Waals surface area contributed by atoms with E-state index in [0.717, 1.165) is 16.7 Å². The Balaban J connectivity index is 1.57. The average molecular weight is 401 g/mol. The van der Waals surface area contributed by atoms with Crippen LogP contribution in [0.3, 0.4) is 0 Å². The Bertz CT molecular complexity index is 944. The van der Waals surface area contributed by atoms with Crippen LogP contribution in [0.25, 0.3) is 0 Å². The summed E-state index contributed by atoms with van der Waals surface area (Å²) in [5.74, 6) is 0.0872. The number of nitrogens with zero attached hydrogens (tertiary/aromatic N) is 2. The van der Waals surface area contributed by atoms with Gasteiger partial charge in [-0.3, -0.25) is 4.79 Å². The first-order valence-corrected chi connectivity index (χ1v) is 11.1. The molecule has 3 rings (SSSR count). The molecule has 0 radical (unpaired) electrons. The van der Waals surface area contributed by atoms with E-state index < -0.39 is 10.0 Å². The Morgan fingerprint density at radius 1 is 0.893 bits per heavy atom. The second-order valence-corrected chi connectivity index (χ2v) is 9.45. The molecule has 1 amide bonds. The Kier molecular flexibility index (Phi) is 6.20. The average Bonchev–Trinajstić information content (AvgIpc) is 2.67. The molecule has 0 aliphatic carbocycles. The summed E-state index contributed by atoms with van der Waals surface area (Å²) in [5.41, 5.74) is 4.16. The number of rotatable bonds is 5. The molecule has 0 atom stereocenters. The summed E-state index contributed by atoms with van der Waals surface area (Å²) in [6.45, 7) is 7.38. The van der Waals surface area contributed by atoms with Gasteiger partial charge in [-0.15, -0.1) is 0 Å². The number of amides is 1. The van der Waals surface area contributed by atoms with Gasteiger partial charge in [0.25, 0.3) is 0 Å². The molecule has 28 heavy (non-hydrogen) atoms. The molecule has 6 heteroatoms. The number of carbonyl (C=O) groups excluding carboxylic acids is 1. The van der Waals surface area contributed by atoms with E-state index >= 15 is 0 Å². The molecule has 1 aliphatic rings. The monoisotopic (exact) mass is 400 g/mol. The van der Waals surface area contributed by atoms with Crippen molar-refractivity contribution < 1.29 is 13.2 Å². The van der Waals surface area contributed by atoms with Crippen LogP contribution >= 0.6 is 0 Å². The molecule has 1 saturated heterocycles. The second kappa shape index (κ2) is 8.45. The standard InChI is InChI=1S/C22H28N2O3S/c1-17-4-7-20(8-5-17)9-11-22(25)23-12-14-24(15-13-23)28(26,27)21-10-6-18(2)16-19(21)3/h4-8,10,16H,9,11-15H2,1-3H3. The van der Waals surface area contributed by atoms with Crippen LogP contribution in [0, 0.1) is 20.8 Å². The van der Waals surface area contributed by atoms with Crippen molar-refractivity contribution in [3.63, 3.8) is 0 Å². The van der Waals surface area contributed by atoms with Crippen LogP contribution in [0.2, 0.25) is 0 Å². The Morgan fingerprint density at radius 2 is 1.50 bits per heavy atom. The first kappa shape index (κ1) is 20.6. The first-order chi connectivity index (χ1) is 13.3. The van der Waals surface area contributed by atoms with Crippen molar-refractivity contribution in [1.29, 1.82) is 0 Å². The lowest BCUT2D eigenvalue weighted by Gasteiger charge is -2.34. The van der Waals surface area contributed by atoms with Crippen molar-refractivity contribution in [3.8, 4) is 0 Å². The van der Waals surface area contributed by atoms with Gasteiger partial charge < -0.3 is 4.90 Å². The van der Waals surface area contributed by atoms with Crippen LogP contribution in [-0.2, 0) is 21.2 Å². The van der Waals surface area contributed by atoms with Crippen molar-refractivity contribution in [2.45, 2.75) is 38.5 Å². The van der Waals surface area contributed by atoms with E-state index in [-0.39, 0.29) is 5.91 Å². The van der Waals surface area contributed by atoms with Crippen LogP contribution in [0.1, 0.15) is 28.7 Å². The van der Waals surface area contributed by atoms with Crippen molar-refractivity contribution in [2.24, 2.45) is 0 Å². The van der Waals surface area contributed by atoms with Crippen LogP contribution in [0.5, 0.6) is 0 Å². The van der Waals surface area contributed by atoms with Gasteiger partial charge in [-0.2, -0.15) is 4.31 Å². The Labute approximate surface area is 168 Å². The zero-order valence-corrected chi connectivity index (χ0v) is 17.6. The highest BCUT2D eigenvalue weighted by molar-refractivity contribution is 7.89. The van der Waals surface area contributed by atoms with Gasteiger partial charge in [0.05, 0.1) is 4.90 Å². The lowest BCUT2D eigenvalue weighted by molar-refractivity contribution is -0.132. The number of sulfonamides is 1. The number of piperazine rings is 1. The molecule has 2 aromatic carbocycles. The lowest BCUT2D eigenvalue weighted by Crippen LogP contribution is -2.50. The maximum atomic E-state index is 13.0. The topological polar surface area (TPSA) is 57.7 Å². The third-order valence-electron chi connectivity index (χ3n) is 5.29. The molecule has 1 aliphatic heterocycles. The third kappa shape index (κ3) is 4.62. The maximum absolute atomic E-state index is 13.0. The molecule has 5 nitrogen and oxygen atoms in total. The molecular weight excluding hydrogens is 372 g/mol. The normalized spacial score (nSPS) is 15.6. The summed E-state index contributed by atoms with van der Waals surface area (Å²) in [7, 11) is -3.52. The molecular formula is C22H28N2O3S. The molecule has 0 saturated carbocycles. The second-order valence-electron chi connectivity index (χ2n) is 7.54. The fraction of sp³-hybridized carbons (Fsp3) is 0.409. The van der Waals surface area contributed by atoms with Gasteiger partial charge in [0.15, 0.2) is 0 Å². The number of hydrogen-bond acceptors (Lipinski definition) is 3. The van der Waals surface area contributed by atoms with E-state index in [9.17, 15) is 13.2 Å². The summed E-state index contributed by atoms with van der Waals surface area (Å²) in [4.78, 5) is 14.7. The Morgan fingerprint density at radius 3 is 2.11 bits per heavy atom. The van der Waals surface area contributed by atoms with Crippen molar-refractivity contribution >= 4 is 15.9 Å². The minimum Gasteiger partial charge on any atom is -0.340 e. The SMILES string of the molecule is Cc1ccc(CCC(=O)N2CCN(S(=O)(=O)c3ccc(C)cc3C)CC2)cc1. The van der Waals surface area contributed by atoms with Crippen LogP contribution in [0.15, 0.2) is 47.4 Å². The minimum absolute atomic E-state index is 0.0872. The predicted molar refractivity (Wildman–Crippen MR) is 111 cm³/mol. The molecule has 0 aromatic heterocycles. The number of aryl methyl sites for hydroxylation is 4. The summed E-state index contributed by atoms with van der Waals surface area (Å²) < 4.78 is 27.4. The van der Waals surface area contributed by atoms with Gasteiger partial charge >= 0.3 is 0 Å². The molecule has 1 fully saturated rings. The highest BCUT2D eigenvalue weighted by atomic mass is 32.2. The van der Waals surface area contributed by atoms with Gasteiger partial charge in [0.2, 0.25) is 15.9 Å². The molecule has 0 bridgehead atoms. The van der Waals surface area contributed by atoms with E-state index in [2.05, 4.69) is 24.3 Å². The minimum atomic E-state index is -3.52. The molecule has 0 spiro atoms. The molecule has 0 N–H and O–H groups in total. The van der Waals surface area contributed by atoms with Gasteiger partial charge in [-0.25, -0.2) is 8.42 Å². The summed E-state index contributed by atoms with van der Waals surface area (Å²) >= 11 is 0. The highest BCUT2D eigenvalue weighted by Crippen LogP contribution is 2.22. The van der Waals surface area contributed by atoms with Crippen LogP contribution < -0.4 is 0 Å².